The Labute approximate surface area is 282 Å². The zero-order valence-corrected chi connectivity index (χ0v) is 23.8. The van der Waals surface area contributed by atoms with Gasteiger partial charge in [0.15, 0.2) is 0 Å². The molecule has 0 spiro atoms. The molecule has 0 amide bonds. The molecular formula is C44H31N. The quantitative estimate of drug-likeness (QED) is 0.187. The number of hydrogen-bond donors (Lipinski definition) is 0. The molecule has 0 N–H and O–H groups in total. The predicted molar refractivity (Wildman–Crippen MR) is 192 cm³/mol. The van der Waals surface area contributed by atoms with Crippen molar-refractivity contribution in [2.45, 2.75) is 0 Å². The van der Waals surface area contributed by atoms with Crippen molar-refractivity contribution in [1.82, 2.24) is 0 Å². The lowest BCUT2D eigenvalue weighted by molar-refractivity contribution is 1.28. The first-order valence-electron chi connectivity index (χ1n) is 20.9. The Morgan fingerprint density at radius 1 is 0.333 bits per heavy atom. The van der Waals surface area contributed by atoms with Gasteiger partial charge in [0.2, 0.25) is 0 Å². The summed E-state index contributed by atoms with van der Waals surface area (Å²) in [5.74, 6) is 0. The van der Waals surface area contributed by atoms with E-state index < -0.39 is 83.3 Å². The third-order valence-corrected chi connectivity index (χ3v) is 7.67. The topological polar surface area (TPSA) is 3.24 Å². The molecule has 212 valence electrons. The van der Waals surface area contributed by atoms with Gasteiger partial charge < -0.3 is 4.90 Å². The van der Waals surface area contributed by atoms with Crippen molar-refractivity contribution in [1.29, 1.82) is 0 Å². The molecule has 0 aliphatic carbocycles. The highest BCUT2D eigenvalue weighted by Gasteiger charge is 2.15. The Morgan fingerprint density at radius 3 is 1.51 bits per heavy atom. The first-order valence-corrected chi connectivity index (χ1v) is 14.4. The van der Waals surface area contributed by atoms with Crippen molar-refractivity contribution in [2.24, 2.45) is 0 Å². The molecule has 0 aromatic heterocycles. The average molecular weight is 587 g/mol. The molecule has 0 radical (unpaired) electrons. The predicted octanol–water partition coefficient (Wildman–Crippen LogP) is 12.5. The summed E-state index contributed by atoms with van der Waals surface area (Å²) < 4.78 is 115. The van der Waals surface area contributed by atoms with Crippen LogP contribution in [0.2, 0.25) is 0 Å². The minimum absolute atomic E-state index is 0.0190. The molecule has 1 heteroatoms. The number of anilines is 3. The van der Waals surface area contributed by atoms with Crippen LogP contribution >= 0.6 is 0 Å². The van der Waals surface area contributed by atoms with Crippen LogP contribution in [0.3, 0.4) is 0 Å². The molecule has 8 aromatic rings. The van der Waals surface area contributed by atoms with Crippen molar-refractivity contribution >= 4 is 38.6 Å². The van der Waals surface area contributed by atoms with Gasteiger partial charge in [-0.25, -0.2) is 0 Å². The van der Waals surface area contributed by atoms with Gasteiger partial charge in [0.05, 0.1) is 17.8 Å². The van der Waals surface area contributed by atoms with Crippen LogP contribution in [0.25, 0.3) is 54.9 Å². The third kappa shape index (κ3) is 5.37. The molecule has 1 nitrogen and oxygen atoms in total. The molecule has 0 saturated carbocycles. The maximum atomic E-state index is 9.61. The monoisotopic (exact) mass is 586 g/mol. The highest BCUT2D eigenvalue weighted by Crippen LogP contribution is 2.39. The van der Waals surface area contributed by atoms with Gasteiger partial charge in [0.1, 0.15) is 0 Å². The van der Waals surface area contributed by atoms with E-state index in [1.807, 2.05) is 72.8 Å². The number of nitrogens with zero attached hydrogens (tertiary/aromatic N) is 1. The van der Waals surface area contributed by atoms with E-state index in [-0.39, 0.29) is 29.0 Å². The van der Waals surface area contributed by atoms with Gasteiger partial charge in [0, 0.05) is 17.1 Å². The fourth-order valence-corrected chi connectivity index (χ4v) is 5.39. The Morgan fingerprint density at radius 2 is 0.867 bits per heavy atom. The van der Waals surface area contributed by atoms with E-state index in [9.17, 15) is 5.48 Å². The molecule has 45 heavy (non-hydrogen) atoms. The minimum Gasteiger partial charge on any atom is -0.310 e. The van der Waals surface area contributed by atoms with Gasteiger partial charge in [0.25, 0.3) is 0 Å². The molecule has 0 unspecified atom stereocenters. The Balaban J connectivity index is 1.41. The van der Waals surface area contributed by atoms with E-state index >= 15 is 0 Å². The van der Waals surface area contributed by atoms with E-state index in [0.717, 1.165) is 32.7 Å². The second-order valence-corrected chi connectivity index (χ2v) is 10.5. The fraction of sp³-hybridized carbons (Fsp3) is 0. The molecule has 0 aliphatic rings. The van der Waals surface area contributed by atoms with Gasteiger partial charge in [-0.05, 0) is 103 Å². The Hall–Kier alpha value is -5.92. The standard InChI is InChI=1S/C44H31N/c1-2-9-32(10-3-1)35-21-25-42(26-22-35)45(43-27-23-36(24-28-43)40-19-17-33-11-4-6-13-37(33)29-40)44-16-8-15-39(31-44)41-20-18-34-12-5-7-14-38(34)30-41/h1-31H/i1D,2D,3D,8D,9D,10D,15D,16D,21D,22D,25D,26D,31D. The van der Waals surface area contributed by atoms with Crippen molar-refractivity contribution < 1.29 is 17.8 Å². The van der Waals surface area contributed by atoms with Gasteiger partial charge >= 0.3 is 0 Å². The summed E-state index contributed by atoms with van der Waals surface area (Å²) in [4.78, 5) is 1.21. The number of fused-ring (bicyclic) bond motifs is 2. The van der Waals surface area contributed by atoms with Crippen LogP contribution in [0.15, 0.2) is 188 Å². The van der Waals surface area contributed by atoms with Crippen LogP contribution in [-0.2, 0) is 0 Å². The second kappa shape index (κ2) is 11.6. The summed E-state index contributed by atoms with van der Waals surface area (Å²) in [6, 6.07) is 25.4. The van der Waals surface area contributed by atoms with E-state index in [2.05, 4.69) is 0 Å². The highest BCUT2D eigenvalue weighted by molar-refractivity contribution is 5.90. The lowest BCUT2D eigenvalue weighted by Crippen LogP contribution is -2.10. The van der Waals surface area contributed by atoms with Crippen molar-refractivity contribution in [3.8, 4) is 33.4 Å². The lowest BCUT2D eigenvalue weighted by Gasteiger charge is -2.26. The first-order chi connectivity index (χ1) is 27.7. The van der Waals surface area contributed by atoms with Crippen LogP contribution in [0.1, 0.15) is 17.8 Å². The maximum absolute atomic E-state index is 9.61. The molecule has 8 rings (SSSR count). The normalized spacial score (nSPS) is 15.2. The first kappa shape index (κ1) is 16.2. The van der Waals surface area contributed by atoms with E-state index in [4.69, 9.17) is 12.3 Å². The van der Waals surface area contributed by atoms with Crippen LogP contribution < -0.4 is 4.90 Å². The van der Waals surface area contributed by atoms with Gasteiger partial charge in [-0.2, -0.15) is 0 Å². The highest BCUT2D eigenvalue weighted by atomic mass is 15.1. The van der Waals surface area contributed by atoms with Crippen molar-refractivity contribution in [3.63, 3.8) is 0 Å². The molecule has 0 aliphatic heterocycles. The Kier molecular flexibility index (Phi) is 4.20. The maximum Gasteiger partial charge on any atom is 0.0651 e. The SMILES string of the molecule is [2H]c1c([2H])c([2H])c(-c2c([2H])c([2H])c(N(c3ccc(-c4ccc5ccccc5c4)cc3)c3c([2H])c([2H])c([2H])c(-c4ccc5ccccc5c4)c3[2H])c([2H])c2[2H])c([2H])c1[2H]. The minimum atomic E-state index is -0.719. The summed E-state index contributed by atoms with van der Waals surface area (Å²) >= 11 is 0. The zero-order chi connectivity index (χ0) is 41.3. The summed E-state index contributed by atoms with van der Waals surface area (Å²) in [6.07, 6.45) is 0. The molecule has 0 saturated heterocycles. The Bertz CT molecular complexity index is 2940. The number of hydrogen-bond acceptors (Lipinski definition) is 1. The van der Waals surface area contributed by atoms with Gasteiger partial charge in [-0.1, -0.05) is 139 Å². The molecule has 0 atom stereocenters. The third-order valence-electron chi connectivity index (χ3n) is 7.67. The van der Waals surface area contributed by atoms with Gasteiger partial charge in [-0.3, -0.25) is 0 Å². The van der Waals surface area contributed by atoms with Crippen LogP contribution in [0.4, 0.5) is 17.1 Å². The van der Waals surface area contributed by atoms with E-state index in [1.165, 1.54) is 4.90 Å². The van der Waals surface area contributed by atoms with Crippen LogP contribution in [-0.4, -0.2) is 0 Å². The second-order valence-electron chi connectivity index (χ2n) is 10.5. The lowest BCUT2D eigenvalue weighted by atomic mass is 9.99. The summed E-state index contributed by atoms with van der Waals surface area (Å²) in [5, 5.41) is 3.79. The number of benzene rings is 8. The van der Waals surface area contributed by atoms with Crippen molar-refractivity contribution in [3.05, 3.63) is 188 Å². The van der Waals surface area contributed by atoms with Gasteiger partial charge in [-0.15, -0.1) is 0 Å². The number of rotatable bonds is 6. The van der Waals surface area contributed by atoms with E-state index in [1.54, 1.807) is 36.4 Å². The van der Waals surface area contributed by atoms with Crippen LogP contribution in [0.5, 0.6) is 0 Å². The summed E-state index contributed by atoms with van der Waals surface area (Å²) in [5.41, 5.74) is 0.625. The molecule has 8 aromatic carbocycles. The smallest absolute Gasteiger partial charge is 0.0651 e. The summed E-state index contributed by atoms with van der Waals surface area (Å²) in [6.45, 7) is 0. The molecule has 0 bridgehead atoms. The zero-order valence-electron chi connectivity index (χ0n) is 36.8. The average Bonchev–Trinajstić information content (AvgIpc) is 3.24. The molecular weight excluding hydrogens is 542 g/mol. The fourth-order valence-electron chi connectivity index (χ4n) is 5.39. The van der Waals surface area contributed by atoms with Crippen LogP contribution in [0, 0.1) is 0 Å². The molecule has 0 fully saturated rings. The summed E-state index contributed by atoms with van der Waals surface area (Å²) in [7, 11) is 0. The van der Waals surface area contributed by atoms with E-state index in [0.29, 0.717) is 5.56 Å². The largest absolute Gasteiger partial charge is 0.310 e. The van der Waals surface area contributed by atoms with Crippen molar-refractivity contribution in [2.75, 3.05) is 4.90 Å². The molecule has 0 heterocycles.